The number of Topliss-reactive ketones (excluding diaryl/α,β-unsaturated/α-hetero) is 1. The maximum Gasteiger partial charge on any atom is 0.196 e. The number of nitrogens with zero attached hydrogens (tertiary/aromatic N) is 1. The Bertz CT molecular complexity index is 1030. The minimum atomic E-state index is -0.464. The van der Waals surface area contributed by atoms with Gasteiger partial charge in [-0.3, -0.25) is 4.79 Å². The second-order valence-corrected chi connectivity index (χ2v) is 6.07. The van der Waals surface area contributed by atoms with Gasteiger partial charge in [0.1, 0.15) is 5.75 Å². The van der Waals surface area contributed by atoms with Crippen molar-refractivity contribution < 1.29 is 9.53 Å². The number of nitriles is 1. The van der Waals surface area contributed by atoms with Crippen molar-refractivity contribution in [3.05, 3.63) is 107 Å². The Morgan fingerprint density at radius 2 is 1.58 bits per heavy atom. The monoisotopic (exact) mass is 337 g/mol. The number of hydrogen-bond donors (Lipinski definition) is 0. The average molecular weight is 337 g/mol. The van der Waals surface area contributed by atoms with Crippen molar-refractivity contribution in [1.29, 1.82) is 5.26 Å². The van der Waals surface area contributed by atoms with Crippen molar-refractivity contribution in [1.82, 2.24) is 0 Å². The molecule has 26 heavy (non-hydrogen) atoms. The molecule has 1 heterocycles. The summed E-state index contributed by atoms with van der Waals surface area (Å²) in [6.45, 7) is 0. The normalized spacial score (nSPS) is 17.3. The molecule has 3 aromatic carbocycles. The Hall–Kier alpha value is -3.64. The zero-order valence-electron chi connectivity index (χ0n) is 13.9. The maximum atomic E-state index is 13.1. The lowest BCUT2D eigenvalue weighted by Gasteiger charge is -2.28. The lowest BCUT2D eigenvalue weighted by molar-refractivity contribution is 0.0963. The summed E-state index contributed by atoms with van der Waals surface area (Å²) >= 11 is 0. The fraction of sp³-hybridized carbons (Fsp3) is 0.0435. The Morgan fingerprint density at radius 3 is 2.31 bits per heavy atom. The third-order valence-corrected chi connectivity index (χ3v) is 4.39. The third kappa shape index (κ3) is 2.89. The first-order valence-corrected chi connectivity index (χ1v) is 8.33. The molecule has 124 valence electrons. The molecule has 0 aliphatic carbocycles. The quantitative estimate of drug-likeness (QED) is 0.621. The van der Waals surface area contributed by atoms with Crippen LogP contribution in [0.15, 0.2) is 84.4 Å². The van der Waals surface area contributed by atoms with E-state index in [9.17, 15) is 4.79 Å². The molecular formula is C23H15NO2. The molecule has 0 aromatic heterocycles. The molecule has 0 bridgehead atoms. The van der Waals surface area contributed by atoms with Crippen molar-refractivity contribution in [2.45, 2.75) is 6.10 Å². The van der Waals surface area contributed by atoms with E-state index >= 15 is 0 Å². The van der Waals surface area contributed by atoms with Gasteiger partial charge < -0.3 is 4.74 Å². The summed E-state index contributed by atoms with van der Waals surface area (Å²) in [5, 5.41) is 8.95. The van der Waals surface area contributed by atoms with Gasteiger partial charge in [0.2, 0.25) is 0 Å². The molecule has 1 aliphatic rings. The van der Waals surface area contributed by atoms with Crippen LogP contribution in [0.5, 0.6) is 5.75 Å². The van der Waals surface area contributed by atoms with Crippen LogP contribution in [0.3, 0.4) is 0 Å². The van der Waals surface area contributed by atoms with Gasteiger partial charge in [0, 0.05) is 5.57 Å². The summed E-state index contributed by atoms with van der Waals surface area (Å²) in [6, 6.07) is 26.3. The fourth-order valence-corrected chi connectivity index (χ4v) is 3.07. The van der Waals surface area contributed by atoms with Crippen LogP contribution in [0.2, 0.25) is 0 Å². The van der Waals surface area contributed by atoms with Crippen LogP contribution in [0.1, 0.15) is 33.2 Å². The van der Waals surface area contributed by atoms with E-state index in [1.54, 1.807) is 18.2 Å². The van der Waals surface area contributed by atoms with E-state index in [1.165, 1.54) is 0 Å². The van der Waals surface area contributed by atoms with Gasteiger partial charge in [-0.25, -0.2) is 0 Å². The second-order valence-electron chi connectivity index (χ2n) is 6.07. The van der Waals surface area contributed by atoms with Gasteiger partial charge >= 0.3 is 0 Å². The highest BCUT2D eigenvalue weighted by molar-refractivity contribution is 6.14. The molecule has 3 nitrogen and oxygen atoms in total. The van der Waals surface area contributed by atoms with Crippen LogP contribution in [0.25, 0.3) is 6.08 Å². The highest BCUT2D eigenvalue weighted by Crippen LogP contribution is 2.39. The first kappa shape index (κ1) is 15.9. The molecule has 3 aromatic rings. The second kappa shape index (κ2) is 6.70. The number of hydrogen-bond acceptors (Lipinski definition) is 3. The predicted molar refractivity (Wildman–Crippen MR) is 99.7 cm³/mol. The molecule has 0 N–H and O–H groups in total. The summed E-state index contributed by atoms with van der Waals surface area (Å²) in [5.74, 6) is 0.563. The molecule has 0 spiro atoms. The Labute approximate surface area is 151 Å². The molecule has 1 atom stereocenters. The summed E-state index contributed by atoms with van der Waals surface area (Å²) < 4.78 is 6.18. The van der Waals surface area contributed by atoms with E-state index in [1.807, 2.05) is 66.7 Å². The molecule has 0 fully saturated rings. The minimum Gasteiger partial charge on any atom is -0.480 e. The van der Waals surface area contributed by atoms with E-state index < -0.39 is 6.10 Å². The maximum absolute atomic E-state index is 13.1. The van der Waals surface area contributed by atoms with E-state index in [2.05, 4.69) is 6.07 Å². The molecule has 1 unspecified atom stereocenters. The third-order valence-electron chi connectivity index (χ3n) is 4.39. The van der Waals surface area contributed by atoms with Gasteiger partial charge in [-0.05, 0) is 41.5 Å². The Balaban J connectivity index is 1.83. The number of rotatable bonds is 2. The summed E-state index contributed by atoms with van der Waals surface area (Å²) in [5.41, 5.74) is 3.52. The number of ether oxygens (including phenoxy) is 1. The predicted octanol–water partition coefficient (Wildman–Crippen LogP) is 4.96. The number of carbonyl (C=O) groups excluding carboxylic acids is 1. The highest BCUT2D eigenvalue weighted by Gasteiger charge is 2.32. The van der Waals surface area contributed by atoms with Crippen LogP contribution in [-0.2, 0) is 0 Å². The first-order valence-electron chi connectivity index (χ1n) is 8.33. The molecule has 0 saturated carbocycles. The first-order chi connectivity index (χ1) is 12.8. The van der Waals surface area contributed by atoms with Crippen LogP contribution in [-0.4, -0.2) is 5.78 Å². The smallest absolute Gasteiger partial charge is 0.196 e. The lowest BCUT2D eigenvalue weighted by Crippen LogP contribution is -2.23. The van der Waals surface area contributed by atoms with Crippen LogP contribution >= 0.6 is 0 Å². The number of ketones is 1. The van der Waals surface area contributed by atoms with E-state index in [0.29, 0.717) is 22.4 Å². The number of carbonyl (C=O) groups is 1. The molecule has 0 amide bonds. The van der Waals surface area contributed by atoms with E-state index in [4.69, 9.17) is 10.00 Å². The summed E-state index contributed by atoms with van der Waals surface area (Å²) in [4.78, 5) is 13.1. The molecule has 3 heteroatoms. The summed E-state index contributed by atoms with van der Waals surface area (Å²) in [7, 11) is 0. The van der Waals surface area contributed by atoms with Crippen molar-refractivity contribution in [2.24, 2.45) is 0 Å². The van der Waals surface area contributed by atoms with Crippen molar-refractivity contribution in [2.75, 3.05) is 0 Å². The topological polar surface area (TPSA) is 50.1 Å². The van der Waals surface area contributed by atoms with Crippen LogP contribution in [0, 0.1) is 11.3 Å². The SMILES string of the molecule is N#Cc1ccc(/C=C2\C(=O)c3ccccc3OC2c2ccccc2)cc1. The van der Waals surface area contributed by atoms with Gasteiger partial charge in [-0.1, -0.05) is 54.6 Å². The van der Waals surface area contributed by atoms with Gasteiger partial charge in [0.15, 0.2) is 11.9 Å². The number of benzene rings is 3. The molecular weight excluding hydrogens is 322 g/mol. The Kier molecular flexibility index (Phi) is 4.09. The minimum absolute atomic E-state index is 0.0370. The van der Waals surface area contributed by atoms with Gasteiger partial charge in [-0.2, -0.15) is 5.26 Å². The molecule has 1 aliphatic heterocycles. The van der Waals surface area contributed by atoms with Crippen molar-refractivity contribution in [3.63, 3.8) is 0 Å². The zero-order valence-corrected chi connectivity index (χ0v) is 13.9. The van der Waals surface area contributed by atoms with Gasteiger partial charge in [0.25, 0.3) is 0 Å². The van der Waals surface area contributed by atoms with Crippen LogP contribution < -0.4 is 4.74 Å². The molecule has 0 radical (unpaired) electrons. The lowest BCUT2D eigenvalue weighted by atomic mass is 9.89. The van der Waals surface area contributed by atoms with E-state index in [-0.39, 0.29) is 5.78 Å². The average Bonchev–Trinajstić information content (AvgIpc) is 2.71. The fourth-order valence-electron chi connectivity index (χ4n) is 3.07. The standard InChI is InChI=1S/C23H15NO2/c24-15-17-12-10-16(11-13-17)14-20-22(25)19-8-4-5-9-21(19)26-23(20)18-6-2-1-3-7-18/h1-14,23H/b20-14+. The number of para-hydroxylation sites is 1. The zero-order chi connectivity index (χ0) is 17.9. The van der Waals surface area contributed by atoms with Crippen LogP contribution in [0.4, 0.5) is 0 Å². The number of fused-ring (bicyclic) bond motifs is 1. The van der Waals surface area contributed by atoms with Crippen molar-refractivity contribution >= 4 is 11.9 Å². The Morgan fingerprint density at radius 1 is 0.885 bits per heavy atom. The largest absolute Gasteiger partial charge is 0.480 e. The summed E-state index contributed by atoms with van der Waals surface area (Å²) in [6.07, 6.45) is 1.38. The highest BCUT2D eigenvalue weighted by atomic mass is 16.5. The molecule has 0 saturated heterocycles. The van der Waals surface area contributed by atoms with Crippen molar-refractivity contribution in [3.8, 4) is 11.8 Å². The van der Waals surface area contributed by atoms with Gasteiger partial charge in [-0.15, -0.1) is 0 Å². The van der Waals surface area contributed by atoms with E-state index in [0.717, 1.165) is 11.1 Å². The van der Waals surface area contributed by atoms with Gasteiger partial charge in [0.05, 0.1) is 17.2 Å². The molecule has 4 rings (SSSR count).